The average Bonchev–Trinajstić information content (AvgIpc) is 2.09. The lowest BCUT2D eigenvalue weighted by molar-refractivity contribution is 0.476. The van der Waals surface area contributed by atoms with Gasteiger partial charge in [0.1, 0.15) is 5.75 Å². The molecular weight excluding hydrogens is 192 g/mol. The van der Waals surface area contributed by atoms with E-state index < -0.39 is 0 Å². The third kappa shape index (κ3) is 1.25. The predicted octanol–water partition coefficient (Wildman–Crippen LogP) is 1.28. The van der Waals surface area contributed by atoms with Crippen LogP contribution in [0.5, 0.6) is 5.75 Å². The number of hydrogen-bond donors (Lipinski definition) is 2. The minimum Gasteiger partial charge on any atom is -0.506 e. The van der Waals surface area contributed by atoms with Crippen molar-refractivity contribution < 1.29 is 5.11 Å². The van der Waals surface area contributed by atoms with Crippen molar-refractivity contribution in [3.8, 4) is 5.75 Å². The first-order valence-electron chi connectivity index (χ1n) is 3.54. The second-order valence-corrected chi connectivity index (χ2v) is 3.00. The molecule has 4 nitrogen and oxygen atoms in total. The highest BCUT2D eigenvalue weighted by Gasteiger charge is 2.03. The quantitative estimate of drug-likeness (QED) is 0.667. The minimum atomic E-state index is -0.343. The van der Waals surface area contributed by atoms with Crippen molar-refractivity contribution in [3.05, 3.63) is 33.7 Å². The molecule has 1 aromatic carbocycles. The maximum atomic E-state index is 11.2. The van der Waals surface area contributed by atoms with Crippen LogP contribution >= 0.6 is 11.6 Å². The Labute approximate surface area is 77.8 Å². The van der Waals surface area contributed by atoms with Crippen LogP contribution in [0.15, 0.2) is 23.1 Å². The standard InChI is InChI=1S/C8H5ClN2O2/c9-6-1-4-3-10-11-8(13)5(4)2-7(6)12/h1-3,12H,(H,11,13). The van der Waals surface area contributed by atoms with Crippen LogP contribution in [-0.2, 0) is 0 Å². The summed E-state index contributed by atoms with van der Waals surface area (Å²) in [6.07, 6.45) is 1.47. The molecule has 0 atom stereocenters. The minimum absolute atomic E-state index is 0.106. The SMILES string of the molecule is O=c1[nH]ncc2cc(Cl)c(O)cc12. The van der Waals surface area contributed by atoms with Crippen LogP contribution in [0.1, 0.15) is 0 Å². The number of nitrogens with one attached hydrogen (secondary N) is 1. The van der Waals surface area contributed by atoms with Gasteiger partial charge in [-0.3, -0.25) is 4.79 Å². The highest BCUT2D eigenvalue weighted by Crippen LogP contribution is 2.26. The maximum Gasteiger partial charge on any atom is 0.272 e. The number of halogens is 1. The summed E-state index contributed by atoms with van der Waals surface area (Å²) in [5, 5.41) is 16.3. The Morgan fingerprint density at radius 2 is 2.23 bits per heavy atom. The summed E-state index contributed by atoms with van der Waals surface area (Å²) in [6.45, 7) is 0. The number of benzene rings is 1. The molecule has 0 aliphatic heterocycles. The molecule has 0 amide bonds. The summed E-state index contributed by atoms with van der Waals surface area (Å²) >= 11 is 5.65. The lowest BCUT2D eigenvalue weighted by atomic mass is 10.2. The molecule has 5 heteroatoms. The Bertz CT molecular complexity index is 521. The van der Waals surface area contributed by atoms with Crippen LogP contribution in [0, 0.1) is 0 Å². The zero-order valence-electron chi connectivity index (χ0n) is 6.41. The molecule has 0 aliphatic carbocycles. The first kappa shape index (κ1) is 8.07. The number of aromatic nitrogens is 2. The molecule has 0 saturated heterocycles. The average molecular weight is 197 g/mol. The summed E-state index contributed by atoms with van der Waals surface area (Å²) in [7, 11) is 0. The van der Waals surface area contributed by atoms with E-state index in [2.05, 4.69) is 10.2 Å². The number of H-pyrrole nitrogens is 1. The second kappa shape index (κ2) is 2.74. The predicted molar refractivity (Wildman–Crippen MR) is 49.0 cm³/mol. The molecule has 0 radical (unpaired) electrons. The number of aromatic amines is 1. The van der Waals surface area contributed by atoms with Crippen molar-refractivity contribution in [1.29, 1.82) is 0 Å². The molecule has 0 saturated carbocycles. The van der Waals surface area contributed by atoms with Gasteiger partial charge in [-0.15, -0.1) is 0 Å². The second-order valence-electron chi connectivity index (χ2n) is 2.59. The largest absolute Gasteiger partial charge is 0.506 e. The Hall–Kier alpha value is -1.55. The smallest absolute Gasteiger partial charge is 0.272 e. The third-order valence-corrected chi connectivity index (χ3v) is 2.04. The van der Waals surface area contributed by atoms with Gasteiger partial charge < -0.3 is 5.11 Å². The van der Waals surface area contributed by atoms with Gasteiger partial charge in [0.15, 0.2) is 0 Å². The molecule has 0 bridgehead atoms. The van der Waals surface area contributed by atoms with Crippen LogP contribution in [-0.4, -0.2) is 15.3 Å². The van der Waals surface area contributed by atoms with Crippen molar-refractivity contribution in [2.45, 2.75) is 0 Å². The fourth-order valence-electron chi connectivity index (χ4n) is 1.10. The van der Waals surface area contributed by atoms with Crippen molar-refractivity contribution >= 4 is 22.4 Å². The number of phenols is 1. The van der Waals surface area contributed by atoms with E-state index in [4.69, 9.17) is 11.6 Å². The highest BCUT2D eigenvalue weighted by atomic mass is 35.5. The van der Waals surface area contributed by atoms with Gasteiger partial charge in [0.2, 0.25) is 0 Å². The van der Waals surface area contributed by atoms with E-state index in [0.29, 0.717) is 10.8 Å². The van der Waals surface area contributed by atoms with Gasteiger partial charge >= 0.3 is 0 Å². The van der Waals surface area contributed by atoms with Gasteiger partial charge in [-0.1, -0.05) is 11.6 Å². The molecular formula is C8H5ClN2O2. The van der Waals surface area contributed by atoms with E-state index in [1.165, 1.54) is 18.3 Å². The summed E-state index contributed by atoms with van der Waals surface area (Å²) in [4.78, 5) is 11.2. The zero-order chi connectivity index (χ0) is 9.42. The zero-order valence-corrected chi connectivity index (χ0v) is 7.17. The summed E-state index contributed by atoms with van der Waals surface area (Å²) < 4.78 is 0. The van der Waals surface area contributed by atoms with Crippen LogP contribution in [0.25, 0.3) is 10.8 Å². The molecule has 1 aromatic heterocycles. The molecule has 0 aliphatic rings. The van der Waals surface area contributed by atoms with E-state index in [9.17, 15) is 9.90 Å². The van der Waals surface area contributed by atoms with E-state index in [1.807, 2.05) is 0 Å². The molecule has 66 valence electrons. The van der Waals surface area contributed by atoms with E-state index in [-0.39, 0.29) is 16.3 Å². The van der Waals surface area contributed by atoms with Crippen LogP contribution < -0.4 is 5.56 Å². The van der Waals surface area contributed by atoms with Gasteiger partial charge in [-0.05, 0) is 12.1 Å². The molecule has 2 aromatic rings. The third-order valence-electron chi connectivity index (χ3n) is 1.73. The number of phenolic OH excluding ortho intramolecular Hbond substituents is 1. The van der Waals surface area contributed by atoms with Crippen molar-refractivity contribution in [3.63, 3.8) is 0 Å². The summed E-state index contributed by atoms with van der Waals surface area (Å²) in [5.41, 5.74) is -0.343. The number of fused-ring (bicyclic) bond motifs is 1. The Morgan fingerprint density at radius 1 is 1.46 bits per heavy atom. The van der Waals surface area contributed by atoms with Crippen molar-refractivity contribution in [1.82, 2.24) is 10.2 Å². The van der Waals surface area contributed by atoms with Crippen LogP contribution in [0.2, 0.25) is 5.02 Å². The number of aromatic hydroxyl groups is 1. The van der Waals surface area contributed by atoms with E-state index >= 15 is 0 Å². The van der Waals surface area contributed by atoms with Gasteiger partial charge in [0.05, 0.1) is 16.6 Å². The lowest BCUT2D eigenvalue weighted by Crippen LogP contribution is -2.06. The van der Waals surface area contributed by atoms with Crippen molar-refractivity contribution in [2.75, 3.05) is 0 Å². The Kier molecular flexibility index (Phi) is 1.70. The highest BCUT2D eigenvalue weighted by molar-refractivity contribution is 6.32. The fourth-order valence-corrected chi connectivity index (χ4v) is 1.27. The lowest BCUT2D eigenvalue weighted by Gasteiger charge is -1.98. The van der Waals surface area contributed by atoms with Crippen LogP contribution in [0.4, 0.5) is 0 Å². The normalized spacial score (nSPS) is 10.5. The van der Waals surface area contributed by atoms with Gasteiger partial charge in [-0.2, -0.15) is 5.10 Å². The number of hydrogen-bond acceptors (Lipinski definition) is 3. The van der Waals surface area contributed by atoms with Crippen molar-refractivity contribution in [2.24, 2.45) is 0 Å². The van der Waals surface area contributed by atoms with E-state index in [0.717, 1.165) is 0 Å². The summed E-state index contributed by atoms with van der Waals surface area (Å²) in [5.74, 6) is -0.106. The molecule has 2 rings (SSSR count). The molecule has 13 heavy (non-hydrogen) atoms. The van der Waals surface area contributed by atoms with Gasteiger partial charge in [0.25, 0.3) is 5.56 Å². The van der Waals surface area contributed by atoms with Crippen LogP contribution in [0.3, 0.4) is 0 Å². The Balaban J connectivity index is 2.97. The molecule has 0 fully saturated rings. The molecule has 1 heterocycles. The monoisotopic (exact) mass is 196 g/mol. The van der Waals surface area contributed by atoms with Gasteiger partial charge in [0, 0.05) is 5.39 Å². The first-order chi connectivity index (χ1) is 6.18. The molecule has 0 unspecified atom stereocenters. The molecule has 0 spiro atoms. The maximum absolute atomic E-state index is 11.2. The Morgan fingerprint density at radius 3 is 3.00 bits per heavy atom. The topological polar surface area (TPSA) is 66.0 Å². The number of rotatable bonds is 0. The molecule has 2 N–H and O–H groups in total. The fraction of sp³-hybridized carbons (Fsp3) is 0. The first-order valence-corrected chi connectivity index (χ1v) is 3.92. The number of nitrogens with zero attached hydrogens (tertiary/aromatic N) is 1. The van der Waals surface area contributed by atoms with E-state index in [1.54, 1.807) is 0 Å². The van der Waals surface area contributed by atoms with Gasteiger partial charge in [-0.25, -0.2) is 5.10 Å². The summed E-state index contributed by atoms with van der Waals surface area (Å²) in [6, 6.07) is 2.81.